The molecule has 0 fully saturated rings. The van der Waals surface area contributed by atoms with Crippen molar-refractivity contribution in [3.8, 4) is 5.75 Å². The van der Waals surface area contributed by atoms with E-state index in [2.05, 4.69) is 5.32 Å². The molecule has 0 aliphatic carbocycles. The van der Waals surface area contributed by atoms with Gasteiger partial charge in [0, 0.05) is 21.5 Å². The molecule has 0 aliphatic rings. The maximum atomic E-state index is 12.4. The molecule has 0 atom stereocenters. The van der Waals surface area contributed by atoms with E-state index < -0.39 is 0 Å². The Bertz CT molecular complexity index is 813. The lowest BCUT2D eigenvalue weighted by Gasteiger charge is -2.08. The summed E-state index contributed by atoms with van der Waals surface area (Å²) in [6.07, 6.45) is 0. The molecule has 3 aromatic rings. The van der Waals surface area contributed by atoms with Gasteiger partial charge in [-0.25, -0.2) is 0 Å². The number of halogens is 1. The first kappa shape index (κ1) is 13.9. The Balaban J connectivity index is 1.93. The first-order valence-corrected chi connectivity index (χ1v) is 7.56. The van der Waals surface area contributed by atoms with Crippen LogP contribution in [0.3, 0.4) is 0 Å². The van der Waals surface area contributed by atoms with Gasteiger partial charge in [-0.1, -0.05) is 29.8 Å². The van der Waals surface area contributed by atoms with Crippen molar-refractivity contribution in [1.82, 2.24) is 0 Å². The van der Waals surface area contributed by atoms with Crippen molar-refractivity contribution in [3.05, 3.63) is 58.4 Å². The van der Waals surface area contributed by atoms with Gasteiger partial charge in [0.05, 0.1) is 23.4 Å². The fraction of sp³-hybridized carbons (Fsp3) is 0.0625. The second kappa shape index (κ2) is 5.76. The molecule has 106 valence electrons. The highest BCUT2D eigenvalue weighted by atomic mass is 35.5. The Hall–Kier alpha value is -2.04. The smallest absolute Gasteiger partial charge is 0.257 e. The van der Waals surface area contributed by atoms with E-state index in [4.69, 9.17) is 16.3 Å². The summed E-state index contributed by atoms with van der Waals surface area (Å²) in [4.78, 5) is 12.4. The van der Waals surface area contributed by atoms with Gasteiger partial charge in [0.2, 0.25) is 0 Å². The average molecular weight is 318 g/mol. The molecule has 3 nitrogen and oxygen atoms in total. The van der Waals surface area contributed by atoms with Gasteiger partial charge >= 0.3 is 0 Å². The highest BCUT2D eigenvalue weighted by Gasteiger charge is 2.13. The zero-order valence-electron chi connectivity index (χ0n) is 11.2. The van der Waals surface area contributed by atoms with Crippen LogP contribution < -0.4 is 10.1 Å². The Labute approximate surface area is 131 Å². The third-order valence-electron chi connectivity index (χ3n) is 3.15. The molecule has 2 aromatic carbocycles. The summed E-state index contributed by atoms with van der Waals surface area (Å²) in [6, 6.07) is 13.0. The van der Waals surface area contributed by atoms with Crippen LogP contribution in [0.25, 0.3) is 10.1 Å². The predicted molar refractivity (Wildman–Crippen MR) is 87.8 cm³/mol. The summed E-state index contributed by atoms with van der Waals surface area (Å²) in [7, 11) is 1.57. The van der Waals surface area contributed by atoms with E-state index in [1.54, 1.807) is 36.6 Å². The van der Waals surface area contributed by atoms with Gasteiger partial charge in [-0.3, -0.25) is 4.79 Å². The summed E-state index contributed by atoms with van der Waals surface area (Å²) in [5.41, 5.74) is 1.19. The third kappa shape index (κ3) is 2.73. The minimum Gasteiger partial charge on any atom is -0.497 e. The standard InChI is InChI=1S/C16H12ClNO2S/c1-20-10-6-7-13(17)14(8-10)18-16(19)12-9-21-15-5-3-2-4-11(12)15/h2-9H,1H3,(H,18,19). The summed E-state index contributed by atoms with van der Waals surface area (Å²) in [5.74, 6) is 0.465. The van der Waals surface area contributed by atoms with E-state index in [1.165, 1.54) is 0 Å². The minimum atomic E-state index is -0.178. The van der Waals surface area contributed by atoms with Gasteiger partial charge in [0.25, 0.3) is 5.91 Å². The van der Waals surface area contributed by atoms with Crippen LogP contribution in [-0.4, -0.2) is 13.0 Å². The van der Waals surface area contributed by atoms with Crippen LogP contribution >= 0.6 is 22.9 Å². The number of amides is 1. The Kier molecular flexibility index (Phi) is 3.82. The Morgan fingerprint density at radius 3 is 2.86 bits per heavy atom. The quantitative estimate of drug-likeness (QED) is 0.752. The third-order valence-corrected chi connectivity index (χ3v) is 4.44. The minimum absolute atomic E-state index is 0.178. The van der Waals surface area contributed by atoms with E-state index in [9.17, 15) is 4.79 Å². The normalized spacial score (nSPS) is 10.6. The molecule has 1 amide bonds. The van der Waals surface area contributed by atoms with Gasteiger partial charge < -0.3 is 10.1 Å². The van der Waals surface area contributed by atoms with Crippen LogP contribution in [-0.2, 0) is 0 Å². The number of rotatable bonds is 3. The number of hydrogen-bond acceptors (Lipinski definition) is 3. The van der Waals surface area contributed by atoms with Crippen molar-refractivity contribution in [1.29, 1.82) is 0 Å². The van der Waals surface area contributed by atoms with Crippen LogP contribution in [0.1, 0.15) is 10.4 Å². The first-order chi connectivity index (χ1) is 10.2. The zero-order valence-corrected chi connectivity index (χ0v) is 12.8. The van der Waals surface area contributed by atoms with E-state index in [-0.39, 0.29) is 5.91 Å². The highest BCUT2D eigenvalue weighted by Crippen LogP contribution is 2.29. The number of carbonyl (C=O) groups is 1. The SMILES string of the molecule is COc1ccc(Cl)c(NC(=O)c2csc3ccccc23)c1. The van der Waals surface area contributed by atoms with Crippen molar-refractivity contribution in [2.75, 3.05) is 12.4 Å². The molecule has 3 rings (SSSR count). The molecule has 1 N–H and O–H groups in total. The molecule has 21 heavy (non-hydrogen) atoms. The number of carbonyl (C=O) groups excluding carboxylic acids is 1. The van der Waals surface area contributed by atoms with Gasteiger partial charge in [-0.2, -0.15) is 0 Å². The number of thiophene rings is 1. The maximum Gasteiger partial charge on any atom is 0.257 e. The van der Waals surface area contributed by atoms with Crippen LogP contribution in [0, 0.1) is 0 Å². The number of fused-ring (bicyclic) bond motifs is 1. The summed E-state index contributed by atoms with van der Waals surface area (Å²) in [5, 5.41) is 6.11. The van der Waals surface area contributed by atoms with Gasteiger partial charge in [-0.15, -0.1) is 11.3 Å². The molecular formula is C16H12ClNO2S. The van der Waals surface area contributed by atoms with Crippen LogP contribution in [0.4, 0.5) is 5.69 Å². The Morgan fingerprint density at radius 1 is 1.24 bits per heavy atom. The average Bonchev–Trinajstić information content (AvgIpc) is 2.93. The monoisotopic (exact) mass is 317 g/mol. The summed E-state index contributed by atoms with van der Waals surface area (Å²) >= 11 is 7.66. The lowest BCUT2D eigenvalue weighted by Crippen LogP contribution is -2.11. The first-order valence-electron chi connectivity index (χ1n) is 6.30. The molecule has 0 spiro atoms. The largest absolute Gasteiger partial charge is 0.497 e. The maximum absolute atomic E-state index is 12.4. The lowest BCUT2D eigenvalue weighted by atomic mass is 10.1. The molecule has 0 bridgehead atoms. The Morgan fingerprint density at radius 2 is 2.05 bits per heavy atom. The molecule has 0 radical (unpaired) electrons. The molecule has 0 unspecified atom stereocenters. The van der Waals surface area contributed by atoms with E-state index in [0.29, 0.717) is 22.0 Å². The van der Waals surface area contributed by atoms with Crippen molar-refractivity contribution < 1.29 is 9.53 Å². The second-order valence-electron chi connectivity index (χ2n) is 4.45. The van der Waals surface area contributed by atoms with E-state index >= 15 is 0 Å². The summed E-state index contributed by atoms with van der Waals surface area (Å²) < 4.78 is 6.23. The number of ether oxygens (including phenoxy) is 1. The van der Waals surface area contributed by atoms with Crippen LogP contribution in [0.15, 0.2) is 47.8 Å². The number of benzene rings is 2. The van der Waals surface area contributed by atoms with Crippen molar-refractivity contribution in [2.45, 2.75) is 0 Å². The number of nitrogens with one attached hydrogen (secondary N) is 1. The highest BCUT2D eigenvalue weighted by molar-refractivity contribution is 7.17. The molecule has 0 saturated heterocycles. The van der Waals surface area contributed by atoms with Gasteiger partial charge in [0.15, 0.2) is 0 Å². The van der Waals surface area contributed by atoms with Crippen molar-refractivity contribution in [2.24, 2.45) is 0 Å². The van der Waals surface area contributed by atoms with Gasteiger partial charge in [-0.05, 0) is 18.2 Å². The lowest BCUT2D eigenvalue weighted by molar-refractivity contribution is 0.102. The summed E-state index contributed by atoms with van der Waals surface area (Å²) in [6.45, 7) is 0. The number of hydrogen-bond donors (Lipinski definition) is 1. The molecule has 5 heteroatoms. The number of methoxy groups -OCH3 is 1. The zero-order chi connectivity index (χ0) is 14.8. The molecule has 1 heterocycles. The van der Waals surface area contributed by atoms with E-state index in [0.717, 1.165) is 10.1 Å². The van der Waals surface area contributed by atoms with E-state index in [1.807, 2.05) is 29.6 Å². The fourth-order valence-electron chi connectivity index (χ4n) is 2.07. The van der Waals surface area contributed by atoms with Crippen LogP contribution in [0.5, 0.6) is 5.75 Å². The molecular weight excluding hydrogens is 306 g/mol. The van der Waals surface area contributed by atoms with Crippen molar-refractivity contribution >= 4 is 44.6 Å². The van der Waals surface area contributed by atoms with Gasteiger partial charge in [0.1, 0.15) is 5.75 Å². The number of anilines is 1. The fourth-order valence-corrected chi connectivity index (χ4v) is 3.18. The predicted octanol–water partition coefficient (Wildman–Crippen LogP) is 4.82. The van der Waals surface area contributed by atoms with Crippen molar-refractivity contribution in [3.63, 3.8) is 0 Å². The molecule has 1 aromatic heterocycles. The van der Waals surface area contributed by atoms with Crippen LogP contribution in [0.2, 0.25) is 5.02 Å². The second-order valence-corrected chi connectivity index (χ2v) is 5.76. The molecule has 0 aliphatic heterocycles. The topological polar surface area (TPSA) is 38.3 Å². The molecule has 0 saturated carbocycles.